The summed E-state index contributed by atoms with van der Waals surface area (Å²) in [7, 11) is 0. The van der Waals surface area contributed by atoms with Crippen molar-refractivity contribution in [1.29, 1.82) is 0 Å². The standard InChI is InChI=1S/C22H24N6O2/c1-16-13-19(28-21(25-16)23-15-24-28)26-9-11-27(12-10-26)20(29)18-6-4-5-17(14-18)7-8-22(2,3)30/h4-6,13-15,30H,9-12H2,1-3H3. The highest BCUT2D eigenvalue weighted by molar-refractivity contribution is 5.94. The Labute approximate surface area is 175 Å². The number of carbonyl (C=O) groups is 1. The predicted molar refractivity (Wildman–Crippen MR) is 113 cm³/mol. The molecule has 1 aromatic carbocycles. The van der Waals surface area contributed by atoms with Crippen molar-refractivity contribution in [2.24, 2.45) is 0 Å². The van der Waals surface area contributed by atoms with Crippen LogP contribution in [0.4, 0.5) is 5.82 Å². The number of nitrogens with zero attached hydrogens (tertiary/aromatic N) is 6. The molecule has 4 rings (SSSR count). The highest BCUT2D eigenvalue weighted by atomic mass is 16.3. The first-order valence-corrected chi connectivity index (χ1v) is 9.87. The van der Waals surface area contributed by atoms with Gasteiger partial charge in [0.15, 0.2) is 0 Å². The van der Waals surface area contributed by atoms with Gasteiger partial charge in [-0.05, 0) is 39.0 Å². The van der Waals surface area contributed by atoms with Gasteiger partial charge in [-0.25, -0.2) is 4.98 Å². The van der Waals surface area contributed by atoms with Crippen LogP contribution in [0, 0.1) is 18.8 Å². The number of aryl methyl sites for hydroxylation is 1. The molecule has 0 spiro atoms. The zero-order valence-electron chi connectivity index (χ0n) is 17.3. The van der Waals surface area contributed by atoms with Crippen molar-refractivity contribution in [2.75, 3.05) is 31.1 Å². The highest BCUT2D eigenvalue weighted by Gasteiger charge is 2.24. The summed E-state index contributed by atoms with van der Waals surface area (Å²) >= 11 is 0. The second-order valence-electron chi connectivity index (χ2n) is 7.90. The topological polar surface area (TPSA) is 86.9 Å². The molecule has 8 nitrogen and oxygen atoms in total. The average molecular weight is 404 g/mol. The number of anilines is 1. The largest absolute Gasteiger partial charge is 0.378 e. The molecule has 0 bridgehead atoms. The van der Waals surface area contributed by atoms with Crippen molar-refractivity contribution in [3.05, 3.63) is 53.5 Å². The van der Waals surface area contributed by atoms with Gasteiger partial charge in [-0.2, -0.15) is 14.6 Å². The lowest BCUT2D eigenvalue weighted by atomic mass is 10.1. The molecule has 8 heteroatoms. The van der Waals surface area contributed by atoms with Gasteiger partial charge in [0.1, 0.15) is 17.7 Å². The van der Waals surface area contributed by atoms with Gasteiger partial charge in [0.05, 0.1) is 0 Å². The molecule has 1 amide bonds. The van der Waals surface area contributed by atoms with E-state index in [-0.39, 0.29) is 5.91 Å². The monoisotopic (exact) mass is 404 g/mol. The summed E-state index contributed by atoms with van der Waals surface area (Å²) in [4.78, 5) is 25.6. The number of piperazine rings is 1. The van der Waals surface area contributed by atoms with Crippen LogP contribution in [0.5, 0.6) is 0 Å². The zero-order chi connectivity index (χ0) is 21.3. The quantitative estimate of drug-likeness (QED) is 0.652. The minimum atomic E-state index is -1.07. The molecule has 3 aromatic rings. The molecule has 3 heterocycles. The van der Waals surface area contributed by atoms with E-state index in [0.717, 1.165) is 11.5 Å². The first kappa shape index (κ1) is 19.9. The number of amides is 1. The second kappa shape index (κ2) is 7.76. The molecule has 154 valence electrons. The molecule has 1 fully saturated rings. The van der Waals surface area contributed by atoms with Crippen LogP contribution < -0.4 is 4.90 Å². The van der Waals surface area contributed by atoms with Gasteiger partial charge < -0.3 is 14.9 Å². The Balaban J connectivity index is 1.47. The third kappa shape index (κ3) is 4.26. The fourth-order valence-electron chi connectivity index (χ4n) is 3.41. The van der Waals surface area contributed by atoms with E-state index < -0.39 is 5.60 Å². The summed E-state index contributed by atoms with van der Waals surface area (Å²) in [5.41, 5.74) is 1.12. The molecular weight excluding hydrogens is 380 g/mol. The summed E-state index contributed by atoms with van der Waals surface area (Å²) < 4.78 is 1.73. The Morgan fingerprint density at radius 2 is 1.93 bits per heavy atom. The minimum Gasteiger partial charge on any atom is -0.378 e. The maximum atomic E-state index is 13.0. The smallest absolute Gasteiger partial charge is 0.254 e. The third-order valence-electron chi connectivity index (χ3n) is 4.87. The Bertz CT molecular complexity index is 1140. The Morgan fingerprint density at radius 3 is 2.67 bits per heavy atom. The summed E-state index contributed by atoms with van der Waals surface area (Å²) in [5, 5.41) is 14.1. The molecule has 0 aliphatic carbocycles. The van der Waals surface area contributed by atoms with Crippen LogP contribution in [0.1, 0.15) is 35.5 Å². The van der Waals surface area contributed by atoms with E-state index in [2.05, 4.69) is 31.8 Å². The normalized spacial score (nSPS) is 14.5. The third-order valence-corrected chi connectivity index (χ3v) is 4.87. The lowest BCUT2D eigenvalue weighted by Gasteiger charge is -2.36. The van der Waals surface area contributed by atoms with Crippen LogP contribution in [0.3, 0.4) is 0 Å². The molecule has 1 aliphatic rings. The molecule has 0 saturated carbocycles. The Morgan fingerprint density at radius 1 is 1.17 bits per heavy atom. The molecule has 0 radical (unpaired) electrons. The number of carbonyl (C=O) groups excluding carboxylic acids is 1. The number of rotatable bonds is 2. The lowest BCUT2D eigenvalue weighted by molar-refractivity contribution is 0.0746. The SMILES string of the molecule is Cc1cc(N2CCN(C(=O)c3cccc(C#CC(C)(C)O)c3)CC2)n2ncnc2n1. The first-order chi connectivity index (χ1) is 14.3. The fourth-order valence-corrected chi connectivity index (χ4v) is 3.41. The van der Waals surface area contributed by atoms with Crippen LogP contribution in [-0.2, 0) is 0 Å². The fraction of sp³-hybridized carbons (Fsp3) is 0.364. The van der Waals surface area contributed by atoms with Gasteiger partial charge in [-0.1, -0.05) is 17.9 Å². The average Bonchev–Trinajstić information content (AvgIpc) is 3.19. The number of benzene rings is 1. The van der Waals surface area contributed by atoms with Crippen molar-refractivity contribution in [2.45, 2.75) is 26.4 Å². The highest BCUT2D eigenvalue weighted by Crippen LogP contribution is 2.19. The lowest BCUT2D eigenvalue weighted by Crippen LogP contribution is -2.49. The number of hydrogen-bond donors (Lipinski definition) is 1. The zero-order valence-corrected chi connectivity index (χ0v) is 17.3. The second-order valence-corrected chi connectivity index (χ2v) is 7.90. The Hall–Kier alpha value is -3.44. The van der Waals surface area contributed by atoms with Gasteiger partial charge in [-0.15, -0.1) is 0 Å². The van der Waals surface area contributed by atoms with Crippen LogP contribution >= 0.6 is 0 Å². The maximum Gasteiger partial charge on any atom is 0.254 e. The van der Waals surface area contributed by atoms with E-state index in [9.17, 15) is 9.90 Å². The number of aliphatic hydroxyl groups is 1. The van der Waals surface area contributed by atoms with E-state index in [1.165, 1.54) is 6.33 Å². The van der Waals surface area contributed by atoms with Crippen LogP contribution in [0.2, 0.25) is 0 Å². The Kier molecular flexibility index (Phi) is 5.14. The predicted octanol–water partition coefficient (Wildman–Crippen LogP) is 1.52. The maximum absolute atomic E-state index is 13.0. The van der Waals surface area contributed by atoms with Crippen molar-refractivity contribution in [3.63, 3.8) is 0 Å². The molecule has 30 heavy (non-hydrogen) atoms. The molecule has 0 unspecified atom stereocenters. The summed E-state index contributed by atoms with van der Waals surface area (Å²) in [5.74, 6) is 7.21. The van der Waals surface area contributed by atoms with Gasteiger partial charge in [-0.3, -0.25) is 4.79 Å². The van der Waals surface area contributed by atoms with Crippen LogP contribution in [0.15, 0.2) is 36.7 Å². The van der Waals surface area contributed by atoms with Crippen molar-refractivity contribution in [1.82, 2.24) is 24.5 Å². The number of hydrogen-bond acceptors (Lipinski definition) is 6. The molecule has 1 saturated heterocycles. The summed E-state index contributed by atoms with van der Waals surface area (Å²) in [6.45, 7) is 7.81. The summed E-state index contributed by atoms with van der Waals surface area (Å²) in [6, 6.07) is 9.22. The first-order valence-electron chi connectivity index (χ1n) is 9.87. The van der Waals surface area contributed by atoms with E-state index in [4.69, 9.17) is 0 Å². The number of aromatic nitrogens is 4. The molecular formula is C22H24N6O2. The van der Waals surface area contributed by atoms with E-state index in [0.29, 0.717) is 43.1 Å². The van der Waals surface area contributed by atoms with E-state index in [1.54, 1.807) is 30.5 Å². The molecule has 1 aliphatic heterocycles. The molecule has 1 N–H and O–H groups in total. The molecule has 0 atom stereocenters. The van der Waals surface area contributed by atoms with Crippen LogP contribution in [0.25, 0.3) is 5.78 Å². The van der Waals surface area contributed by atoms with Gasteiger partial charge in [0.25, 0.3) is 11.7 Å². The van der Waals surface area contributed by atoms with Gasteiger partial charge >= 0.3 is 0 Å². The van der Waals surface area contributed by atoms with E-state index in [1.807, 2.05) is 30.0 Å². The van der Waals surface area contributed by atoms with Gasteiger partial charge in [0, 0.05) is 49.1 Å². The summed E-state index contributed by atoms with van der Waals surface area (Å²) in [6.07, 6.45) is 1.50. The minimum absolute atomic E-state index is 0.0154. The number of fused-ring (bicyclic) bond motifs is 1. The van der Waals surface area contributed by atoms with Crippen molar-refractivity contribution < 1.29 is 9.90 Å². The van der Waals surface area contributed by atoms with Gasteiger partial charge in [0.2, 0.25) is 0 Å². The van der Waals surface area contributed by atoms with E-state index >= 15 is 0 Å². The van der Waals surface area contributed by atoms with Crippen LogP contribution in [-0.4, -0.2) is 67.3 Å². The van der Waals surface area contributed by atoms with Crippen molar-refractivity contribution >= 4 is 17.5 Å². The molecule has 2 aromatic heterocycles. The van der Waals surface area contributed by atoms with Crippen molar-refractivity contribution in [3.8, 4) is 11.8 Å².